The molecule has 0 saturated heterocycles. The minimum absolute atomic E-state index is 0.656. The van der Waals surface area contributed by atoms with Crippen LogP contribution in [-0.2, 0) is 0 Å². The lowest BCUT2D eigenvalue weighted by atomic mass is 9.87. The standard InChI is InChI=1S/C59H37N3OS/c1-2-11-36(12-3-1)42-27-31-52-51(34-42)56-48(18-10-19-53(56)63-52)46-29-30-49(45-16-7-6-15-44(45)46)59-61-57(39-24-21-38(22-25-39)41-26-23-37-13-4-5-14-40(37)33-41)60-58(62-59)43-28-32-55-50(35-43)47-17-8-9-20-54(47)64-55/h1-28,31-35H,29-30H2. The molecule has 0 atom stereocenters. The van der Waals surface area contributed by atoms with Crippen molar-refractivity contribution in [3.8, 4) is 45.0 Å². The Kier molecular flexibility index (Phi) is 8.49. The lowest BCUT2D eigenvalue weighted by molar-refractivity contribution is 0.669. The molecule has 12 aromatic rings. The maximum absolute atomic E-state index is 6.51. The van der Waals surface area contributed by atoms with Crippen molar-refractivity contribution in [2.75, 3.05) is 0 Å². The van der Waals surface area contributed by atoms with Gasteiger partial charge in [-0.25, -0.2) is 15.0 Å². The van der Waals surface area contributed by atoms with Crippen molar-refractivity contribution in [1.29, 1.82) is 0 Å². The molecule has 3 heterocycles. The molecular weight excluding hydrogens is 799 g/mol. The van der Waals surface area contributed by atoms with Crippen LogP contribution >= 0.6 is 11.3 Å². The highest BCUT2D eigenvalue weighted by Gasteiger charge is 2.22. The number of furan rings is 1. The number of benzene rings is 9. The number of nitrogens with zero attached hydrogens (tertiary/aromatic N) is 3. The molecular formula is C59H37N3OS. The molecule has 0 aliphatic heterocycles. The van der Waals surface area contributed by atoms with Crippen LogP contribution in [0.5, 0.6) is 0 Å². The van der Waals surface area contributed by atoms with Crippen LogP contribution in [0.15, 0.2) is 205 Å². The Morgan fingerprint density at radius 3 is 1.84 bits per heavy atom. The lowest BCUT2D eigenvalue weighted by Gasteiger charge is -2.18. The van der Waals surface area contributed by atoms with Gasteiger partial charge in [0.1, 0.15) is 11.2 Å². The maximum Gasteiger partial charge on any atom is 0.164 e. The molecule has 0 amide bonds. The summed E-state index contributed by atoms with van der Waals surface area (Å²) in [6.07, 6.45) is 1.59. The summed E-state index contributed by atoms with van der Waals surface area (Å²) < 4.78 is 9.04. The molecule has 4 nitrogen and oxygen atoms in total. The third-order valence-electron chi connectivity index (χ3n) is 12.9. The van der Waals surface area contributed by atoms with E-state index in [0.717, 1.165) is 62.3 Å². The Hall–Kier alpha value is -7.99. The van der Waals surface area contributed by atoms with Gasteiger partial charge in [0.05, 0.1) is 0 Å². The van der Waals surface area contributed by atoms with Gasteiger partial charge in [-0.05, 0) is 116 Å². The average Bonchev–Trinajstić information content (AvgIpc) is 3.94. The fourth-order valence-electron chi connectivity index (χ4n) is 9.74. The van der Waals surface area contributed by atoms with Crippen molar-refractivity contribution < 1.29 is 4.42 Å². The largest absolute Gasteiger partial charge is 0.456 e. The van der Waals surface area contributed by atoms with Crippen LogP contribution in [0.2, 0.25) is 0 Å². The molecule has 3 aromatic heterocycles. The van der Waals surface area contributed by atoms with Crippen LogP contribution < -0.4 is 10.4 Å². The second-order valence-corrected chi connectivity index (χ2v) is 17.7. The minimum atomic E-state index is 0.656. The van der Waals surface area contributed by atoms with E-state index < -0.39 is 0 Å². The van der Waals surface area contributed by atoms with E-state index in [2.05, 4.69) is 200 Å². The van der Waals surface area contributed by atoms with Crippen molar-refractivity contribution >= 4 is 75.4 Å². The Morgan fingerprint density at radius 1 is 0.359 bits per heavy atom. The van der Waals surface area contributed by atoms with Gasteiger partial charge in [-0.15, -0.1) is 11.3 Å². The van der Waals surface area contributed by atoms with E-state index in [4.69, 9.17) is 19.4 Å². The second kappa shape index (κ2) is 14.8. The first-order valence-electron chi connectivity index (χ1n) is 21.8. The number of aromatic nitrogens is 3. The molecule has 0 N–H and O–H groups in total. The van der Waals surface area contributed by atoms with E-state index in [1.807, 2.05) is 11.3 Å². The van der Waals surface area contributed by atoms with Gasteiger partial charge in [-0.1, -0.05) is 152 Å². The Labute approximate surface area is 372 Å². The first-order chi connectivity index (χ1) is 31.7. The summed E-state index contributed by atoms with van der Waals surface area (Å²) in [7, 11) is 0. The van der Waals surface area contributed by atoms with E-state index in [1.54, 1.807) is 0 Å². The number of hydrogen-bond acceptors (Lipinski definition) is 5. The predicted molar refractivity (Wildman–Crippen MR) is 266 cm³/mol. The highest BCUT2D eigenvalue weighted by Crippen LogP contribution is 2.40. The fourth-order valence-corrected chi connectivity index (χ4v) is 10.8. The Morgan fingerprint density at radius 2 is 0.969 bits per heavy atom. The maximum atomic E-state index is 6.51. The van der Waals surface area contributed by atoms with Gasteiger partial charge in [0.25, 0.3) is 0 Å². The van der Waals surface area contributed by atoms with Gasteiger partial charge in [0.15, 0.2) is 17.5 Å². The first-order valence-corrected chi connectivity index (χ1v) is 22.6. The van der Waals surface area contributed by atoms with Crippen LogP contribution in [0.4, 0.5) is 0 Å². The summed E-state index contributed by atoms with van der Waals surface area (Å²) in [4.78, 5) is 15.9. The summed E-state index contributed by atoms with van der Waals surface area (Å²) in [6.45, 7) is 0. The van der Waals surface area contributed by atoms with Crippen molar-refractivity contribution in [3.63, 3.8) is 0 Å². The van der Waals surface area contributed by atoms with E-state index >= 15 is 0 Å². The molecule has 64 heavy (non-hydrogen) atoms. The third-order valence-corrected chi connectivity index (χ3v) is 14.0. The minimum Gasteiger partial charge on any atom is -0.456 e. The molecule has 5 heteroatoms. The van der Waals surface area contributed by atoms with Gasteiger partial charge in [-0.2, -0.15) is 0 Å². The summed E-state index contributed by atoms with van der Waals surface area (Å²) >= 11 is 1.82. The number of hydrogen-bond donors (Lipinski definition) is 0. The van der Waals surface area contributed by atoms with Gasteiger partial charge in [0.2, 0.25) is 0 Å². The highest BCUT2D eigenvalue weighted by molar-refractivity contribution is 7.25. The zero-order chi connectivity index (χ0) is 42.1. The second-order valence-electron chi connectivity index (χ2n) is 16.6. The molecule has 0 radical (unpaired) electrons. The molecule has 9 aromatic carbocycles. The molecule has 0 fully saturated rings. The molecule has 1 aliphatic rings. The quantitative estimate of drug-likeness (QED) is 0.167. The normalized spacial score (nSPS) is 12.8. The van der Waals surface area contributed by atoms with Crippen molar-refractivity contribution in [2.45, 2.75) is 12.8 Å². The Balaban J connectivity index is 0.994. The van der Waals surface area contributed by atoms with Crippen LogP contribution in [-0.4, -0.2) is 15.0 Å². The van der Waals surface area contributed by atoms with E-state index in [9.17, 15) is 0 Å². The fraction of sp³-hybridized carbons (Fsp3) is 0.0339. The monoisotopic (exact) mass is 835 g/mol. The van der Waals surface area contributed by atoms with Gasteiger partial charge in [0, 0.05) is 47.6 Å². The van der Waals surface area contributed by atoms with Crippen LogP contribution in [0.3, 0.4) is 0 Å². The molecule has 0 bridgehead atoms. The first kappa shape index (κ1) is 36.6. The summed E-state index contributed by atoms with van der Waals surface area (Å²) in [6, 6.07) is 71.4. The summed E-state index contributed by atoms with van der Waals surface area (Å²) in [5.74, 6) is 2.03. The number of rotatable bonds is 6. The summed E-state index contributed by atoms with van der Waals surface area (Å²) in [5.41, 5.74) is 12.0. The van der Waals surface area contributed by atoms with Crippen molar-refractivity contribution in [1.82, 2.24) is 15.0 Å². The average molecular weight is 836 g/mol. The Bertz CT molecular complexity index is 3960. The summed E-state index contributed by atoms with van der Waals surface area (Å²) in [5, 5.41) is 9.54. The van der Waals surface area contributed by atoms with Gasteiger partial charge < -0.3 is 4.42 Å². The molecule has 300 valence electrons. The zero-order valence-corrected chi connectivity index (χ0v) is 35.4. The van der Waals surface area contributed by atoms with Crippen molar-refractivity contribution in [2.24, 2.45) is 0 Å². The predicted octanol–water partition coefficient (Wildman–Crippen LogP) is 14.2. The van der Waals surface area contributed by atoms with E-state index in [0.29, 0.717) is 17.5 Å². The van der Waals surface area contributed by atoms with E-state index in [1.165, 1.54) is 64.0 Å². The molecule has 1 aliphatic carbocycles. The van der Waals surface area contributed by atoms with E-state index in [-0.39, 0.29) is 0 Å². The smallest absolute Gasteiger partial charge is 0.164 e. The van der Waals surface area contributed by atoms with Gasteiger partial charge in [-0.3, -0.25) is 0 Å². The van der Waals surface area contributed by atoms with Crippen LogP contribution in [0, 0.1) is 0 Å². The molecule has 0 saturated carbocycles. The number of thiophene rings is 1. The zero-order valence-electron chi connectivity index (χ0n) is 34.6. The topological polar surface area (TPSA) is 51.8 Å². The van der Waals surface area contributed by atoms with Crippen molar-refractivity contribution in [3.05, 3.63) is 222 Å². The van der Waals surface area contributed by atoms with Gasteiger partial charge >= 0.3 is 0 Å². The van der Waals surface area contributed by atoms with Crippen LogP contribution in [0.25, 0.3) is 109 Å². The third kappa shape index (κ3) is 6.16. The molecule has 0 spiro atoms. The number of fused-ring (bicyclic) bond motifs is 8. The van der Waals surface area contributed by atoms with Crippen LogP contribution in [0.1, 0.15) is 24.2 Å². The SMILES string of the molecule is c1ccc(-c2ccc3oc4cccc(C5=c6ccccc6=C(c6nc(-c7ccc(-c8ccc9ccccc9c8)cc7)nc(-c7ccc8sc9ccccc9c8c7)n6)CC5)c4c3c2)cc1. The lowest BCUT2D eigenvalue weighted by Crippen LogP contribution is -2.33. The molecule has 13 rings (SSSR count). The highest BCUT2D eigenvalue weighted by atomic mass is 32.1. The molecule has 0 unspecified atom stereocenters.